The van der Waals surface area contributed by atoms with Crippen LogP contribution in [0.25, 0.3) is 10.9 Å². The van der Waals surface area contributed by atoms with Crippen LogP contribution in [0.15, 0.2) is 31.1 Å². The number of hydrogen-bond acceptors (Lipinski definition) is 6. The number of ether oxygens (including phenoxy) is 1. The van der Waals surface area contributed by atoms with Gasteiger partial charge in [0, 0.05) is 25.5 Å². The molecule has 1 saturated heterocycles. The summed E-state index contributed by atoms with van der Waals surface area (Å²) in [6.07, 6.45) is 5.15. The molecule has 2 N–H and O–H groups in total. The number of aryl methyl sites for hydroxylation is 1. The molecule has 9 heteroatoms. The maximum Gasteiger partial charge on any atom is 0.251 e. The van der Waals surface area contributed by atoms with Crippen LogP contribution in [0.5, 0.6) is 5.88 Å². The number of carbonyl (C=O) groups is 1. The number of anilines is 1. The first-order chi connectivity index (χ1) is 14.9. The smallest absolute Gasteiger partial charge is 0.251 e. The highest BCUT2D eigenvalue weighted by Crippen LogP contribution is 2.31. The zero-order valence-electron chi connectivity index (χ0n) is 17.2. The van der Waals surface area contributed by atoms with Gasteiger partial charge in [-0.1, -0.05) is 12.5 Å². The Morgan fingerprint density at radius 2 is 2.23 bits per heavy atom. The molecular weight excluding hydrogens is 399 g/mol. The SMILES string of the molecule is C=CC(=O)N1CC[C@H](n2nc(C#Cc3ccnc(OC)c3F)c3c(N)ncc(C)c32)C1. The molecule has 3 aromatic rings. The number of halogens is 1. The zero-order valence-corrected chi connectivity index (χ0v) is 17.2. The van der Waals surface area contributed by atoms with Gasteiger partial charge in [-0.15, -0.1) is 0 Å². The van der Waals surface area contributed by atoms with Crippen LogP contribution in [0, 0.1) is 24.6 Å². The lowest BCUT2D eigenvalue weighted by Gasteiger charge is -2.15. The quantitative estimate of drug-likeness (QED) is 0.515. The number of pyridine rings is 2. The Bertz CT molecular complexity index is 1260. The van der Waals surface area contributed by atoms with Gasteiger partial charge in [-0.05, 0) is 37.0 Å². The van der Waals surface area contributed by atoms with Gasteiger partial charge < -0.3 is 15.4 Å². The monoisotopic (exact) mass is 420 g/mol. The highest BCUT2D eigenvalue weighted by Gasteiger charge is 2.29. The summed E-state index contributed by atoms with van der Waals surface area (Å²) in [4.78, 5) is 21.8. The van der Waals surface area contributed by atoms with Gasteiger partial charge in [0.25, 0.3) is 5.88 Å². The van der Waals surface area contributed by atoms with Crippen molar-refractivity contribution in [2.75, 3.05) is 25.9 Å². The van der Waals surface area contributed by atoms with Crippen LogP contribution >= 0.6 is 0 Å². The maximum absolute atomic E-state index is 14.4. The summed E-state index contributed by atoms with van der Waals surface area (Å²) in [6.45, 7) is 6.59. The van der Waals surface area contributed by atoms with Crippen molar-refractivity contribution in [3.63, 3.8) is 0 Å². The molecule has 0 spiro atoms. The van der Waals surface area contributed by atoms with Gasteiger partial charge in [0.15, 0.2) is 0 Å². The van der Waals surface area contributed by atoms with E-state index in [0.29, 0.717) is 30.0 Å². The first kappa shape index (κ1) is 20.3. The molecule has 1 fully saturated rings. The number of rotatable bonds is 3. The minimum absolute atomic E-state index is 0.0415. The predicted octanol–water partition coefficient (Wildman–Crippen LogP) is 2.22. The van der Waals surface area contributed by atoms with Crippen LogP contribution in [0.3, 0.4) is 0 Å². The molecule has 3 aromatic heterocycles. The molecule has 0 bridgehead atoms. The van der Waals surface area contributed by atoms with Crippen molar-refractivity contribution in [3.05, 3.63) is 53.8 Å². The van der Waals surface area contributed by atoms with Gasteiger partial charge in [-0.3, -0.25) is 9.48 Å². The molecule has 0 saturated carbocycles. The van der Waals surface area contributed by atoms with E-state index in [9.17, 15) is 9.18 Å². The number of carbonyl (C=O) groups excluding carboxylic acids is 1. The molecule has 4 heterocycles. The fourth-order valence-corrected chi connectivity index (χ4v) is 3.76. The highest BCUT2D eigenvalue weighted by atomic mass is 19.1. The van der Waals surface area contributed by atoms with Crippen LogP contribution in [0.2, 0.25) is 0 Å². The summed E-state index contributed by atoms with van der Waals surface area (Å²) in [5.41, 5.74) is 8.39. The van der Waals surface area contributed by atoms with Crippen molar-refractivity contribution in [2.45, 2.75) is 19.4 Å². The third-order valence-electron chi connectivity index (χ3n) is 5.30. The highest BCUT2D eigenvalue weighted by molar-refractivity contribution is 5.95. The second kappa shape index (κ2) is 8.07. The van der Waals surface area contributed by atoms with Gasteiger partial charge in [-0.2, -0.15) is 9.49 Å². The normalized spacial score (nSPS) is 15.6. The molecule has 0 unspecified atom stereocenters. The number of amides is 1. The lowest BCUT2D eigenvalue weighted by Crippen LogP contribution is -2.27. The third kappa shape index (κ3) is 3.57. The molecule has 158 valence electrons. The van der Waals surface area contributed by atoms with Crippen molar-refractivity contribution in [1.82, 2.24) is 24.6 Å². The Morgan fingerprint density at radius 3 is 2.97 bits per heavy atom. The number of hydrogen-bond donors (Lipinski definition) is 1. The van der Waals surface area contributed by atoms with E-state index in [1.165, 1.54) is 25.4 Å². The van der Waals surface area contributed by atoms with Crippen molar-refractivity contribution in [1.29, 1.82) is 0 Å². The lowest BCUT2D eigenvalue weighted by atomic mass is 10.1. The second-order valence-corrected chi connectivity index (χ2v) is 7.21. The standard InChI is InChI=1S/C22H21FN6O2/c1-4-17(30)28-10-8-15(12-28)29-20-13(2)11-26-21(24)18(20)16(27-29)6-5-14-7-9-25-22(31-3)19(14)23/h4,7,9,11,15H,1,8,10,12H2,2-3H3,(H2,24,26)/t15-/m0/s1. The largest absolute Gasteiger partial charge is 0.479 e. The number of methoxy groups -OCH3 is 1. The van der Waals surface area contributed by atoms with Gasteiger partial charge in [0.1, 0.15) is 11.5 Å². The summed E-state index contributed by atoms with van der Waals surface area (Å²) < 4.78 is 21.2. The van der Waals surface area contributed by atoms with E-state index < -0.39 is 5.82 Å². The fourth-order valence-electron chi connectivity index (χ4n) is 3.76. The van der Waals surface area contributed by atoms with E-state index in [-0.39, 0.29) is 23.4 Å². The molecule has 8 nitrogen and oxygen atoms in total. The summed E-state index contributed by atoms with van der Waals surface area (Å²) in [7, 11) is 1.34. The summed E-state index contributed by atoms with van der Waals surface area (Å²) in [5.74, 6) is 5.14. The fraction of sp³-hybridized carbons (Fsp3) is 0.273. The third-order valence-corrected chi connectivity index (χ3v) is 5.30. The van der Waals surface area contributed by atoms with E-state index >= 15 is 0 Å². The average Bonchev–Trinajstić information content (AvgIpc) is 3.41. The molecule has 0 radical (unpaired) electrons. The van der Waals surface area contributed by atoms with Crippen LogP contribution in [0.1, 0.15) is 29.3 Å². The van der Waals surface area contributed by atoms with Crippen LogP contribution in [-0.2, 0) is 4.79 Å². The first-order valence-corrected chi connectivity index (χ1v) is 9.69. The van der Waals surface area contributed by atoms with Crippen molar-refractivity contribution < 1.29 is 13.9 Å². The second-order valence-electron chi connectivity index (χ2n) is 7.21. The molecule has 0 aliphatic carbocycles. The summed E-state index contributed by atoms with van der Waals surface area (Å²) in [6, 6.07) is 1.42. The van der Waals surface area contributed by atoms with Crippen molar-refractivity contribution >= 4 is 22.6 Å². The van der Waals surface area contributed by atoms with Gasteiger partial charge in [0.05, 0.1) is 29.6 Å². The van der Waals surface area contributed by atoms with E-state index in [2.05, 4.69) is 33.5 Å². The molecule has 4 rings (SSSR count). The molecule has 0 aromatic carbocycles. The average molecular weight is 420 g/mol. The summed E-state index contributed by atoms with van der Waals surface area (Å²) >= 11 is 0. The Kier molecular flexibility index (Phi) is 5.29. The first-order valence-electron chi connectivity index (χ1n) is 9.69. The molecule has 1 atom stereocenters. The number of nitrogens with two attached hydrogens (primary N) is 1. The summed E-state index contributed by atoms with van der Waals surface area (Å²) in [5, 5.41) is 5.30. The zero-order chi connectivity index (χ0) is 22.1. The Morgan fingerprint density at radius 1 is 1.42 bits per heavy atom. The Labute approximate surface area is 178 Å². The Balaban J connectivity index is 1.81. The van der Waals surface area contributed by atoms with Gasteiger partial charge in [0.2, 0.25) is 11.7 Å². The number of nitrogens with zero attached hydrogens (tertiary/aromatic N) is 5. The van der Waals surface area contributed by atoms with Crippen LogP contribution in [0.4, 0.5) is 10.2 Å². The van der Waals surface area contributed by atoms with Crippen molar-refractivity contribution in [3.8, 4) is 17.7 Å². The Hall–Kier alpha value is -3.93. The molecule has 1 amide bonds. The van der Waals surface area contributed by atoms with Crippen LogP contribution < -0.4 is 10.5 Å². The maximum atomic E-state index is 14.4. The molecule has 1 aliphatic heterocycles. The predicted molar refractivity (Wildman–Crippen MR) is 114 cm³/mol. The number of likely N-dealkylation sites (tertiary alicyclic amines) is 1. The lowest BCUT2D eigenvalue weighted by molar-refractivity contribution is -0.125. The minimum Gasteiger partial charge on any atom is -0.479 e. The number of aromatic nitrogens is 4. The van der Waals surface area contributed by atoms with Gasteiger partial charge >= 0.3 is 0 Å². The molecular formula is C22H21FN6O2. The van der Waals surface area contributed by atoms with E-state index in [1.807, 2.05) is 11.6 Å². The van der Waals surface area contributed by atoms with E-state index in [1.54, 1.807) is 11.1 Å². The van der Waals surface area contributed by atoms with E-state index in [0.717, 1.165) is 17.5 Å². The van der Waals surface area contributed by atoms with Crippen molar-refractivity contribution in [2.24, 2.45) is 0 Å². The number of nitrogen functional groups attached to an aromatic ring is 1. The topological polar surface area (TPSA) is 99.2 Å². The van der Waals surface area contributed by atoms with Crippen LogP contribution in [-0.4, -0.2) is 50.8 Å². The van der Waals surface area contributed by atoms with E-state index in [4.69, 9.17) is 10.5 Å². The van der Waals surface area contributed by atoms with Gasteiger partial charge in [-0.25, -0.2) is 9.97 Å². The minimum atomic E-state index is -0.641. The number of fused-ring (bicyclic) bond motifs is 1. The molecule has 31 heavy (non-hydrogen) atoms. The molecule has 1 aliphatic rings.